The summed E-state index contributed by atoms with van der Waals surface area (Å²) in [5.74, 6) is -2.51. The first-order valence-corrected chi connectivity index (χ1v) is 10.5. The van der Waals surface area contributed by atoms with Gasteiger partial charge in [0.2, 0.25) is 5.91 Å². The number of hydrogen-bond donors (Lipinski definition) is 2. The third-order valence-corrected chi connectivity index (χ3v) is 6.12. The van der Waals surface area contributed by atoms with Crippen molar-refractivity contribution in [3.63, 3.8) is 0 Å². The Morgan fingerprint density at radius 1 is 1.23 bits per heavy atom. The van der Waals surface area contributed by atoms with Gasteiger partial charge in [0.15, 0.2) is 5.78 Å². The Bertz CT molecular complexity index is 925. The number of ether oxygens (including phenoxy) is 1. The Hall–Kier alpha value is -2.53. The summed E-state index contributed by atoms with van der Waals surface area (Å²) in [4.78, 5) is 36.7. The molecule has 0 saturated carbocycles. The maximum Gasteiger partial charge on any atom is 0.573 e. The molecule has 11 heteroatoms. The average Bonchev–Trinajstić information content (AvgIpc) is 3.07. The number of ketones is 1. The fraction of sp³-hybridized carbons (Fsp3) is 0.316. The number of halogens is 3. The van der Waals surface area contributed by atoms with Crippen molar-refractivity contribution < 1.29 is 37.4 Å². The molecule has 162 valence electrons. The lowest BCUT2D eigenvalue weighted by molar-refractivity contribution is -0.274. The zero-order valence-electron chi connectivity index (χ0n) is 15.9. The highest BCUT2D eigenvalue weighted by Gasteiger charge is 2.31. The molecular formula is C19H18F3NO5S2. The molecule has 0 bridgehead atoms. The highest BCUT2D eigenvalue weighted by molar-refractivity contribution is 8.01. The van der Waals surface area contributed by atoms with Crippen molar-refractivity contribution in [2.45, 2.75) is 31.9 Å². The van der Waals surface area contributed by atoms with Gasteiger partial charge in [-0.1, -0.05) is 6.92 Å². The van der Waals surface area contributed by atoms with Gasteiger partial charge in [-0.25, -0.2) is 0 Å². The lowest BCUT2D eigenvalue weighted by Gasteiger charge is -2.10. The van der Waals surface area contributed by atoms with E-state index in [9.17, 15) is 27.6 Å². The van der Waals surface area contributed by atoms with Crippen LogP contribution in [0.2, 0.25) is 0 Å². The van der Waals surface area contributed by atoms with Crippen LogP contribution in [0.1, 0.15) is 34.6 Å². The maximum atomic E-state index is 12.8. The van der Waals surface area contributed by atoms with Crippen molar-refractivity contribution in [2.24, 2.45) is 0 Å². The number of rotatable bonds is 9. The summed E-state index contributed by atoms with van der Waals surface area (Å²) < 4.78 is 40.6. The van der Waals surface area contributed by atoms with Gasteiger partial charge in [0.25, 0.3) is 0 Å². The zero-order chi connectivity index (χ0) is 22.5. The predicted octanol–water partition coefficient (Wildman–Crippen LogP) is 4.58. The number of amides is 1. The largest absolute Gasteiger partial charge is 0.573 e. The second kappa shape index (κ2) is 9.98. The third-order valence-electron chi connectivity index (χ3n) is 3.79. The number of aliphatic carboxylic acids is 1. The third kappa shape index (κ3) is 6.77. The van der Waals surface area contributed by atoms with Crippen LogP contribution in [0.25, 0.3) is 0 Å². The number of alkyl halides is 3. The van der Waals surface area contributed by atoms with Gasteiger partial charge in [-0.15, -0.1) is 36.3 Å². The first kappa shape index (κ1) is 23.7. The van der Waals surface area contributed by atoms with Crippen LogP contribution in [0.4, 0.5) is 18.2 Å². The Labute approximate surface area is 178 Å². The molecule has 0 fully saturated rings. The topological polar surface area (TPSA) is 92.7 Å². The Kier molecular flexibility index (Phi) is 7.90. The van der Waals surface area contributed by atoms with E-state index in [0.717, 1.165) is 28.8 Å². The Morgan fingerprint density at radius 2 is 1.87 bits per heavy atom. The summed E-state index contributed by atoms with van der Waals surface area (Å²) in [6.07, 6.45) is -4.22. The number of carboxylic acid groups (broad SMARTS) is 1. The molecule has 1 heterocycles. The summed E-state index contributed by atoms with van der Waals surface area (Å²) in [5, 5.41) is 11.0. The summed E-state index contributed by atoms with van der Waals surface area (Å²) in [7, 11) is 0. The van der Waals surface area contributed by atoms with Gasteiger partial charge in [0.1, 0.15) is 10.8 Å². The van der Waals surface area contributed by atoms with Crippen molar-refractivity contribution in [1.82, 2.24) is 0 Å². The van der Waals surface area contributed by atoms with Gasteiger partial charge < -0.3 is 15.2 Å². The minimum absolute atomic E-state index is 0.107. The van der Waals surface area contributed by atoms with E-state index in [1.807, 2.05) is 6.92 Å². The van der Waals surface area contributed by atoms with Gasteiger partial charge >= 0.3 is 12.3 Å². The second-order valence-corrected chi connectivity index (χ2v) is 8.52. The summed E-state index contributed by atoms with van der Waals surface area (Å²) in [6.45, 7) is 3.33. The summed E-state index contributed by atoms with van der Waals surface area (Å²) in [5.41, 5.74) is 0.348. The van der Waals surface area contributed by atoms with E-state index in [4.69, 9.17) is 5.11 Å². The lowest BCUT2D eigenvalue weighted by Crippen LogP contribution is -2.19. The van der Waals surface area contributed by atoms with Crippen molar-refractivity contribution in [3.8, 4) is 5.75 Å². The molecule has 2 rings (SSSR count). The molecule has 0 saturated heterocycles. The highest BCUT2D eigenvalue weighted by Crippen LogP contribution is 2.31. The smallest absolute Gasteiger partial charge is 0.480 e. The molecule has 0 spiro atoms. The average molecular weight is 461 g/mol. The first-order valence-electron chi connectivity index (χ1n) is 8.67. The Morgan fingerprint density at radius 3 is 2.40 bits per heavy atom. The number of thiophene rings is 1. The van der Waals surface area contributed by atoms with Crippen molar-refractivity contribution in [1.29, 1.82) is 0 Å². The molecule has 1 aromatic heterocycles. The summed E-state index contributed by atoms with van der Waals surface area (Å²) in [6, 6.07) is 6.12. The SMILES string of the molecule is CCc1cc(C(=O)c2ccc(OC(F)(F)F)cc2)c(NC(=O)CS[C@@H](C)C(=O)O)s1. The molecule has 1 atom stereocenters. The molecule has 0 aliphatic rings. The molecule has 0 aliphatic heterocycles. The van der Waals surface area contributed by atoms with Crippen LogP contribution in [0, 0.1) is 0 Å². The van der Waals surface area contributed by atoms with Crippen LogP contribution in [0.5, 0.6) is 5.75 Å². The predicted molar refractivity (Wildman–Crippen MR) is 108 cm³/mol. The molecule has 0 radical (unpaired) electrons. The van der Waals surface area contributed by atoms with Crippen LogP contribution in [0.15, 0.2) is 30.3 Å². The number of carbonyl (C=O) groups is 3. The fourth-order valence-corrected chi connectivity index (χ4v) is 3.90. The normalized spacial score (nSPS) is 12.3. The van der Waals surface area contributed by atoms with E-state index in [0.29, 0.717) is 11.4 Å². The Balaban J connectivity index is 2.16. The molecule has 0 aliphatic carbocycles. The highest BCUT2D eigenvalue weighted by atomic mass is 32.2. The quantitative estimate of drug-likeness (QED) is 0.531. The molecular weight excluding hydrogens is 443 g/mol. The van der Waals surface area contributed by atoms with E-state index in [1.54, 1.807) is 6.07 Å². The minimum atomic E-state index is -4.83. The van der Waals surface area contributed by atoms with Crippen molar-refractivity contribution in [3.05, 3.63) is 46.3 Å². The molecule has 1 aromatic carbocycles. The number of thioether (sulfide) groups is 1. The number of carbonyl (C=O) groups excluding carboxylic acids is 2. The number of nitrogens with one attached hydrogen (secondary N) is 1. The van der Waals surface area contributed by atoms with E-state index < -0.39 is 35.0 Å². The van der Waals surface area contributed by atoms with Crippen LogP contribution in [-0.2, 0) is 16.0 Å². The number of carboxylic acids is 1. The van der Waals surface area contributed by atoms with Gasteiger partial charge in [0, 0.05) is 10.4 Å². The molecule has 6 nitrogen and oxygen atoms in total. The monoisotopic (exact) mass is 461 g/mol. The van der Waals surface area contributed by atoms with Crippen LogP contribution < -0.4 is 10.1 Å². The van der Waals surface area contributed by atoms with E-state index in [1.165, 1.54) is 30.4 Å². The zero-order valence-corrected chi connectivity index (χ0v) is 17.5. The van der Waals surface area contributed by atoms with Gasteiger partial charge in [-0.3, -0.25) is 14.4 Å². The second-order valence-electron chi connectivity index (χ2n) is 6.05. The first-order chi connectivity index (χ1) is 14.0. The molecule has 0 unspecified atom stereocenters. The molecule has 2 aromatic rings. The maximum absolute atomic E-state index is 12.8. The van der Waals surface area contributed by atoms with Gasteiger partial charge in [-0.2, -0.15) is 0 Å². The lowest BCUT2D eigenvalue weighted by atomic mass is 10.0. The standard InChI is InChI=1S/C19H18F3NO5S2/c1-3-13-8-14(17(30-13)23-15(24)9-29-10(2)18(26)27)16(25)11-4-6-12(7-5-11)28-19(20,21)22/h4-8,10H,3,9H2,1-2H3,(H,23,24)(H,26,27)/t10-/m0/s1. The molecule has 30 heavy (non-hydrogen) atoms. The van der Waals surface area contributed by atoms with Crippen LogP contribution >= 0.6 is 23.1 Å². The van der Waals surface area contributed by atoms with Crippen molar-refractivity contribution in [2.75, 3.05) is 11.1 Å². The number of aryl methyl sites for hydroxylation is 1. The van der Waals surface area contributed by atoms with Crippen LogP contribution in [-0.4, -0.2) is 40.1 Å². The van der Waals surface area contributed by atoms with Gasteiger partial charge in [-0.05, 0) is 43.7 Å². The van der Waals surface area contributed by atoms with Gasteiger partial charge in [0.05, 0.1) is 16.6 Å². The van der Waals surface area contributed by atoms with E-state index >= 15 is 0 Å². The molecule has 1 amide bonds. The van der Waals surface area contributed by atoms with Crippen molar-refractivity contribution >= 4 is 45.8 Å². The number of anilines is 1. The van der Waals surface area contributed by atoms with Crippen LogP contribution in [0.3, 0.4) is 0 Å². The number of benzene rings is 1. The summed E-state index contributed by atoms with van der Waals surface area (Å²) >= 11 is 2.15. The number of hydrogen-bond acceptors (Lipinski definition) is 6. The fourth-order valence-electron chi connectivity index (χ4n) is 2.28. The van der Waals surface area contributed by atoms with E-state index in [2.05, 4.69) is 10.1 Å². The van der Waals surface area contributed by atoms with E-state index in [-0.39, 0.29) is 16.9 Å². The minimum Gasteiger partial charge on any atom is -0.480 e. The molecule has 2 N–H and O–H groups in total.